The van der Waals surface area contributed by atoms with Crippen LogP contribution in [0.1, 0.15) is 47.0 Å². The summed E-state index contributed by atoms with van der Waals surface area (Å²) in [5.74, 6) is 0.851. The first kappa shape index (κ1) is 14.2. The Kier molecular flexibility index (Phi) is 8.06. The molecule has 0 rings (SSSR count). The largest absolute Gasteiger partial charge is 0.463 e. The van der Waals surface area contributed by atoms with Crippen molar-refractivity contribution in [3.05, 3.63) is 12.2 Å². The zero-order valence-corrected chi connectivity index (χ0v) is 10.5. The summed E-state index contributed by atoms with van der Waals surface area (Å²) >= 11 is 0. The van der Waals surface area contributed by atoms with Crippen molar-refractivity contribution in [3.63, 3.8) is 0 Å². The summed E-state index contributed by atoms with van der Waals surface area (Å²) in [6.07, 6.45) is 7.23. The highest BCUT2D eigenvalue weighted by molar-refractivity contribution is 5.81. The Morgan fingerprint density at radius 2 is 2.00 bits per heavy atom. The molecule has 0 aromatic carbocycles. The van der Waals surface area contributed by atoms with E-state index in [1.54, 1.807) is 6.08 Å². The molecule has 15 heavy (non-hydrogen) atoms. The average molecular weight is 212 g/mol. The van der Waals surface area contributed by atoms with Crippen LogP contribution in [0, 0.1) is 11.8 Å². The van der Waals surface area contributed by atoms with E-state index in [4.69, 9.17) is 4.74 Å². The Morgan fingerprint density at radius 1 is 1.33 bits per heavy atom. The quantitative estimate of drug-likeness (QED) is 0.476. The molecule has 0 aliphatic heterocycles. The fraction of sp³-hybridized carbons (Fsp3) is 0.769. The van der Waals surface area contributed by atoms with Gasteiger partial charge in [0.2, 0.25) is 0 Å². The van der Waals surface area contributed by atoms with Crippen LogP contribution in [0.2, 0.25) is 0 Å². The van der Waals surface area contributed by atoms with E-state index < -0.39 is 0 Å². The van der Waals surface area contributed by atoms with Gasteiger partial charge in [-0.15, -0.1) is 0 Å². The molecule has 0 fully saturated rings. The molecule has 2 heteroatoms. The van der Waals surface area contributed by atoms with Gasteiger partial charge in [-0.05, 0) is 18.8 Å². The lowest BCUT2D eigenvalue weighted by Gasteiger charge is -2.15. The van der Waals surface area contributed by atoms with Gasteiger partial charge in [0.05, 0.1) is 6.61 Å². The summed E-state index contributed by atoms with van der Waals surface area (Å²) in [4.78, 5) is 11.1. The molecular formula is C13H24O2. The number of unbranched alkanes of at least 4 members (excludes halogenated alkanes) is 1. The van der Waals surface area contributed by atoms with Crippen LogP contribution in [0.4, 0.5) is 0 Å². The van der Waals surface area contributed by atoms with Gasteiger partial charge in [-0.25, -0.2) is 4.79 Å². The summed E-state index contributed by atoms with van der Waals surface area (Å²) in [7, 11) is 0. The van der Waals surface area contributed by atoms with Crippen molar-refractivity contribution in [1.29, 1.82) is 0 Å². The second kappa shape index (κ2) is 8.51. The zero-order valence-electron chi connectivity index (χ0n) is 10.5. The van der Waals surface area contributed by atoms with Crippen LogP contribution in [0.5, 0.6) is 0 Å². The van der Waals surface area contributed by atoms with Crippen molar-refractivity contribution in [2.75, 3.05) is 6.61 Å². The van der Waals surface area contributed by atoms with Gasteiger partial charge in [-0.2, -0.15) is 0 Å². The lowest BCUT2D eigenvalue weighted by Crippen LogP contribution is -2.07. The predicted octanol–water partition coefficient (Wildman–Crippen LogP) is 3.57. The molecule has 0 saturated heterocycles. The molecule has 0 N–H and O–H groups in total. The van der Waals surface area contributed by atoms with Crippen LogP contribution in [-0.2, 0) is 9.53 Å². The van der Waals surface area contributed by atoms with E-state index >= 15 is 0 Å². The molecule has 0 spiro atoms. The van der Waals surface area contributed by atoms with Gasteiger partial charge in [0.1, 0.15) is 0 Å². The van der Waals surface area contributed by atoms with Crippen molar-refractivity contribution in [2.24, 2.45) is 11.8 Å². The van der Waals surface area contributed by atoms with E-state index in [2.05, 4.69) is 20.8 Å². The zero-order chi connectivity index (χ0) is 11.7. The van der Waals surface area contributed by atoms with Gasteiger partial charge < -0.3 is 4.74 Å². The molecule has 0 heterocycles. The van der Waals surface area contributed by atoms with Crippen molar-refractivity contribution >= 4 is 5.97 Å². The molecule has 0 radical (unpaired) electrons. The summed E-state index contributed by atoms with van der Waals surface area (Å²) in [6, 6.07) is 0. The lowest BCUT2D eigenvalue weighted by atomic mass is 9.91. The van der Waals surface area contributed by atoms with Crippen molar-refractivity contribution in [2.45, 2.75) is 47.0 Å². The molecule has 0 aromatic heterocycles. The Balaban J connectivity index is 3.88. The normalized spacial score (nSPS) is 15.2. The third-order valence-corrected chi connectivity index (χ3v) is 2.73. The van der Waals surface area contributed by atoms with E-state index in [0.29, 0.717) is 18.4 Å². The second-order valence-electron chi connectivity index (χ2n) is 4.09. The van der Waals surface area contributed by atoms with Crippen LogP contribution in [0.3, 0.4) is 0 Å². The highest BCUT2D eigenvalue weighted by Crippen LogP contribution is 2.18. The molecule has 0 saturated carbocycles. The van der Waals surface area contributed by atoms with Crippen LogP contribution in [0.25, 0.3) is 0 Å². The number of hydrogen-bond acceptors (Lipinski definition) is 2. The third-order valence-electron chi connectivity index (χ3n) is 2.73. The Hall–Kier alpha value is -0.790. The molecule has 0 amide bonds. The van der Waals surface area contributed by atoms with Gasteiger partial charge in [0, 0.05) is 6.08 Å². The van der Waals surface area contributed by atoms with E-state index in [-0.39, 0.29) is 5.97 Å². The SMILES string of the molecule is CCCC[C@@H](C)[C@@H](C)C=CC(=O)OCC. The molecule has 2 nitrogen and oxygen atoms in total. The highest BCUT2D eigenvalue weighted by Gasteiger charge is 2.08. The maximum atomic E-state index is 11.1. The van der Waals surface area contributed by atoms with Crippen molar-refractivity contribution in [1.82, 2.24) is 0 Å². The van der Waals surface area contributed by atoms with E-state index in [9.17, 15) is 4.79 Å². The Morgan fingerprint density at radius 3 is 2.53 bits per heavy atom. The maximum Gasteiger partial charge on any atom is 0.330 e. The number of esters is 1. The maximum absolute atomic E-state index is 11.1. The van der Waals surface area contributed by atoms with E-state index in [0.717, 1.165) is 0 Å². The van der Waals surface area contributed by atoms with Crippen molar-refractivity contribution in [3.8, 4) is 0 Å². The molecule has 0 aliphatic carbocycles. The average Bonchev–Trinajstić information content (AvgIpc) is 2.22. The molecule has 0 aromatic rings. The van der Waals surface area contributed by atoms with Gasteiger partial charge in [0.25, 0.3) is 0 Å². The van der Waals surface area contributed by atoms with Crippen LogP contribution in [0.15, 0.2) is 12.2 Å². The minimum absolute atomic E-state index is 0.230. The summed E-state index contributed by atoms with van der Waals surface area (Å²) < 4.78 is 4.83. The minimum Gasteiger partial charge on any atom is -0.463 e. The number of rotatable bonds is 7. The van der Waals surface area contributed by atoms with Crippen LogP contribution >= 0.6 is 0 Å². The number of ether oxygens (including phenoxy) is 1. The number of carbonyl (C=O) groups excluding carboxylic acids is 1. The molecule has 88 valence electrons. The van der Waals surface area contributed by atoms with E-state index in [1.165, 1.54) is 19.3 Å². The molecule has 0 unspecified atom stereocenters. The topological polar surface area (TPSA) is 26.3 Å². The molecule has 0 aliphatic rings. The lowest BCUT2D eigenvalue weighted by molar-refractivity contribution is -0.137. The molecular weight excluding hydrogens is 188 g/mol. The summed E-state index contributed by atoms with van der Waals surface area (Å²) in [5, 5.41) is 0. The second-order valence-corrected chi connectivity index (χ2v) is 4.09. The standard InChI is InChI=1S/C13H24O2/c1-5-7-8-11(3)12(4)9-10-13(14)15-6-2/h9-12H,5-8H2,1-4H3/t11-,12+/m1/s1. The fourth-order valence-electron chi connectivity index (χ4n) is 1.40. The Bertz CT molecular complexity index is 197. The smallest absolute Gasteiger partial charge is 0.330 e. The van der Waals surface area contributed by atoms with Gasteiger partial charge in [0.15, 0.2) is 0 Å². The number of allylic oxidation sites excluding steroid dienone is 1. The number of carbonyl (C=O) groups is 1. The Labute approximate surface area is 93.7 Å². The summed E-state index contributed by atoms with van der Waals surface area (Å²) in [6.45, 7) is 8.85. The minimum atomic E-state index is -0.230. The van der Waals surface area contributed by atoms with Gasteiger partial charge in [-0.3, -0.25) is 0 Å². The first-order chi connectivity index (χ1) is 7.11. The van der Waals surface area contributed by atoms with Crippen LogP contribution < -0.4 is 0 Å². The fourth-order valence-corrected chi connectivity index (χ4v) is 1.40. The third kappa shape index (κ3) is 7.18. The monoisotopic (exact) mass is 212 g/mol. The van der Waals surface area contributed by atoms with Crippen molar-refractivity contribution < 1.29 is 9.53 Å². The number of hydrogen-bond donors (Lipinski definition) is 0. The molecule has 0 bridgehead atoms. The van der Waals surface area contributed by atoms with E-state index in [1.807, 2.05) is 13.0 Å². The predicted molar refractivity (Wildman–Crippen MR) is 63.6 cm³/mol. The first-order valence-corrected chi connectivity index (χ1v) is 5.96. The molecule has 2 atom stereocenters. The van der Waals surface area contributed by atoms with Crippen LogP contribution in [-0.4, -0.2) is 12.6 Å². The van der Waals surface area contributed by atoms with Gasteiger partial charge in [-0.1, -0.05) is 46.1 Å². The van der Waals surface area contributed by atoms with Gasteiger partial charge >= 0.3 is 5.97 Å². The summed E-state index contributed by atoms with van der Waals surface area (Å²) in [5.41, 5.74) is 0. The first-order valence-electron chi connectivity index (χ1n) is 5.96. The highest BCUT2D eigenvalue weighted by atomic mass is 16.5.